The van der Waals surface area contributed by atoms with E-state index in [2.05, 4.69) is 30.9 Å². The van der Waals surface area contributed by atoms with E-state index in [9.17, 15) is 4.79 Å². The van der Waals surface area contributed by atoms with Crippen LogP contribution in [0.5, 0.6) is 0 Å². The fourth-order valence-corrected chi connectivity index (χ4v) is 2.13. The van der Waals surface area contributed by atoms with Gasteiger partial charge in [0.15, 0.2) is 0 Å². The van der Waals surface area contributed by atoms with Gasteiger partial charge in [0.2, 0.25) is 5.91 Å². The summed E-state index contributed by atoms with van der Waals surface area (Å²) in [6, 6.07) is 0. The van der Waals surface area contributed by atoms with E-state index >= 15 is 0 Å². The summed E-state index contributed by atoms with van der Waals surface area (Å²) in [7, 11) is 0. The van der Waals surface area contributed by atoms with Crippen molar-refractivity contribution < 1.29 is 4.79 Å². The zero-order valence-electron chi connectivity index (χ0n) is 13.2. The minimum atomic E-state index is 0.139. The lowest BCUT2D eigenvalue weighted by molar-refractivity contribution is -0.126. The highest BCUT2D eigenvalue weighted by molar-refractivity contribution is 5.87. The lowest BCUT2D eigenvalue weighted by atomic mass is 10.1. The van der Waals surface area contributed by atoms with Crippen molar-refractivity contribution in [3.05, 3.63) is 36.5 Å². The average Bonchev–Trinajstić information content (AvgIpc) is 2.53. The summed E-state index contributed by atoms with van der Waals surface area (Å²) < 4.78 is 0. The normalized spacial score (nSPS) is 15.8. The van der Waals surface area contributed by atoms with Crippen molar-refractivity contribution in [1.82, 2.24) is 4.90 Å². The zero-order valence-corrected chi connectivity index (χ0v) is 13.2. The summed E-state index contributed by atoms with van der Waals surface area (Å²) in [5, 5.41) is 0. The fraction of sp³-hybridized carbons (Fsp3) is 0.526. The first-order chi connectivity index (χ1) is 10.3. The van der Waals surface area contributed by atoms with Gasteiger partial charge in [-0.05, 0) is 38.2 Å². The van der Waals surface area contributed by atoms with Crippen molar-refractivity contribution >= 4 is 5.91 Å². The van der Waals surface area contributed by atoms with Crippen LogP contribution < -0.4 is 0 Å². The molecule has 1 saturated heterocycles. The molecule has 2 nitrogen and oxygen atoms in total. The second kappa shape index (κ2) is 12.0. The Morgan fingerprint density at radius 2 is 1.90 bits per heavy atom. The first-order valence-electron chi connectivity index (χ1n) is 8.10. The molecule has 0 saturated carbocycles. The van der Waals surface area contributed by atoms with Crippen LogP contribution in [0.3, 0.4) is 0 Å². The molecule has 0 atom stereocenters. The molecule has 1 amide bonds. The highest BCUT2D eigenvalue weighted by Gasteiger charge is 2.12. The molecule has 2 heteroatoms. The molecule has 0 unspecified atom stereocenters. The number of allylic oxidation sites excluding steroid dienone is 5. The minimum absolute atomic E-state index is 0.139. The maximum Gasteiger partial charge on any atom is 0.246 e. The van der Waals surface area contributed by atoms with Crippen LogP contribution in [0.4, 0.5) is 0 Å². The average molecular weight is 285 g/mol. The van der Waals surface area contributed by atoms with E-state index in [1.54, 1.807) is 6.08 Å². The number of piperidine rings is 1. The fourth-order valence-electron chi connectivity index (χ4n) is 2.13. The zero-order chi connectivity index (χ0) is 15.2. The molecule has 1 aliphatic rings. The quantitative estimate of drug-likeness (QED) is 0.309. The molecule has 0 N–H and O–H groups in total. The predicted molar refractivity (Wildman–Crippen MR) is 89.8 cm³/mol. The summed E-state index contributed by atoms with van der Waals surface area (Å²) in [5.74, 6) is 6.28. The molecule has 0 spiro atoms. The SMILES string of the molecule is CCC/C=C\C#CCC/C=C/C=C/C(=O)N1CCCCC1. The van der Waals surface area contributed by atoms with E-state index in [4.69, 9.17) is 0 Å². The lowest BCUT2D eigenvalue weighted by Gasteiger charge is -2.25. The maximum absolute atomic E-state index is 11.8. The van der Waals surface area contributed by atoms with Crippen LogP contribution in [0.25, 0.3) is 0 Å². The number of rotatable bonds is 6. The molecule has 0 aromatic rings. The first kappa shape index (κ1) is 17.3. The Bertz CT molecular complexity index is 428. The largest absolute Gasteiger partial charge is 0.339 e. The van der Waals surface area contributed by atoms with Crippen molar-refractivity contribution in [1.29, 1.82) is 0 Å². The molecule has 0 radical (unpaired) electrons. The van der Waals surface area contributed by atoms with Crippen LogP contribution in [-0.2, 0) is 4.79 Å². The molecule has 1 fully saturated rings. The summed E-state index contributed by atoms with van der Waals surface area (Å²) in [5.41, 5.74) is 0. The number of hydrogen-bond donors (Lipinski definition) is 0. The number of nitrogens with zero attached hydrogens (tertiary/aromatic N) is 1. The monoisotopic (exact) mass is 285 g/mol. The first-order valence-corrected chi connectivity index (χ1v) is 8.10. The Kier molecular flexibility index (Phi) is 9.91. The van der Waals surface area contributed by atoms with Gasteiger partial charge in [-0.3, -0.25) is 4.79 Å². The van der Waals surface area contributed by atoms with Gasteiger partial charge < -0.3 is 4.90 Å². The summed E-state index contributed by atoms with van der Waals surface area (Å²) in [6.45, 7) is 3.98. The van der Waals surface area contributed by atoms with Crippen LogP contribution >= 0.6 is 0 Å². The van der Waals surface area contributed by atoms with Gasteiger partial charge >= 0.3 is 0 Å². The van der Waals surface area contributed by atoms with E-state index in [-0.39, 0.29) is 5.91 Å². The molecule has 114 valence electrons. The van der Waals surface area contributed by atoms with Gasteiger partial charge in [-0.15, -0.1) is 0 Å². The van der Waals surface area contributed by atoms with E-state index in [0.29, 0.717) is 0 Å². The summed E-state index contributed by atoms with van der Waals surface area (Å²) in [6.07, 6.45) is 19.1. The van der Waals surface area contributed by atoms with Gasteiger partial charge in [0.05, 0.1) is 0 Å². The van der Waals surface area contributed by atoms with Crippen LogP contribution in [0.2, 0.25) is 0 Å². The van der Waals surface area contributed by atoms with Crippen LogP contribution in [-0.4, -0.2) is 23.9 Å². The van der Waals surface area contributed by atoms with Gasteiger partial charge in [0.1, 0.15) is 0 Å². The number of amides is 1. The molecule has 0 aromatic carbocycles. The molecule has 0 aliphatic carbocycles. The molecule has 1 aliphatic heterocycles. The lowest BCUT2D eigenvalue weighted by Crippen LogP contribution is -2.34. The van der Waals surface area contributed by atoms with Gasteiger partial charge in [0, 0.05) is 25.6 Å². The van der Waals surface area contributed by atoms with Crippen molar-refractivity contribution in [2.45, 2.75) is 51.9 Å². The topological polar surface area (TPSA) is 20.3 Å². The highest BCUT2D eigenvalue weighted by Crippen LogP contribution is 2.08. The number of likely N-dealkylation sites (tertiary alicyclic amines) is 1. The molecule has 0 bridgehead atoms. The summed E-state index contributed by atoms with van der Waals surface area (Å²) >= 11 is 0. The Hall–Kier alpha value is -1.75. The van der Waals surface area contributed by atoms with E-state index < -0.39 is 0 Å². The van der Waals surface area contributed by atoms with E-state index in [0.717, 1.165) is 45.2 Å². The molecule has 1 rings (SSSR count). The second-order valence-corrected chi connectivity index (χ2v) is 5.22. The molecule has 0 aromatic heterocycles. The van der Waals surface area contributed by atoms with E-state index in [1.165, 1.54) is 12.8 Å². The number of carbonyl (C=O) groups excluding carboxylic acids is 1. The third-order valence-corrected chi connectivity index (χ3v) is 3.35. The van der Waals surface area contributed by atoms with E-state index in [1.807, 2.05) is 23.1 Å². The van der Waals surface area contributed by atoms with Gasteiger partial charge in [-0.2, -0.15) is 0 Å². The maximum atomic E-state index is 11.8. The second-order valence-electron chi connectivity index (χ2n) is 5.22. The molecule has 21 heavy (non-hydrogen) atoms. The van der Waals surface area contributed by atoms with Gasteiger partial charge in [-0.1, -0.05) is 49.5 Å². The van der Waals surface area contributed by atoms with Crippen molar-refractivity contribution in [2.24, 2.45) is 0 Å². The Balaban J connectivity index is 2.13. The highest BCUT2D eigenvalue weighted by atomic mass is 16.2. The molecular formula is C19H27NO. The standard InChI is InChI=1S/C19H27NO/c1-2-3-4-5-6-7-8-9-10-11-13-16-19(21)20-17-14-12-15-18-20/h4-5,10-11,13,16H,2-3,8-9,12,14-15,17-18H2,1H3/b5-4-,11-10+,16-13+. The Morgan fingerprint density at radius 1 is 1.10 bits per heavy atom. The number of hydrogen-bond acceptors (Lipinski definition) is 1. The van der Waals surface area contributed by atoms with Gasteiger partial charge in [0.25, 0.3) is 0 Å². The van der Waals surface area contributed by atoms with Crippen molar-refractivity contribution in [2.75, 3.05) is 13.1 Å². The van der Waals surface area contributed by atoms with Crippen LogP contribution in [0.1, 0.15) is 51.9 Å². The Labute approximate surface area is 129 Å². The third kappa shape index (κ3) is 8.92. The molecular weight excluding hydrogens is 258 g/mol. The van der Waals surface area contributed by atoms with Crippen molar-refractivity contribution in [3.8, 4) is 11.8 Å². The predicted octanol–water partition coefficient (Wildman–Crippen LogP) is 4.25. The smallest absolute Gasteiger partial charge is 0.246 e. The summed E-state index contributed by atoms with van der Waals surface area (Å²) in [4.78, 5) is 13.8. The van der Waals surface area contributed by atoms with Gasteiger partial charge in [-0.25, -0.2) is 0 Å². The number of carbonyl (C=O) groups is 1. The minimum Gasteiger partial charge on any atom is -0.339 e. The Morgan fingerprint density at radius 3 is 2.67 bits per heavy atom. The number of unbranched alkanes of at least 4 members (excludes halogenated alkanes) is 2. The van der Waals surface area contributed by atoms with Crippen LogP contribution in [0.15, 0.2) is 36.5 Å². The molecule has 1 heterocycles. The van der Waals surface area contributed by atoms with Crippen molar-refractivity contribution in [3.63, 3.8) is 0 Å². The third-order valence-electron chi connectivity index (χ3n) is 3.35. The van der Waals surface area contributed by atoms with Crippen LogP contribution in [0, 0.1) is 11.8 Å².